The van der Waals surface area contributed by atoms with Crippen LogP contribution in [0.2, 0.25) is 0 Å². The van der Waals surface area contributed by atoms with Gasteiger partial charge in [0.25, 0.3) is 5.91 Å². The zero-order chi connectivity index (χ0) is 19.4. The molecule has 3 rings (SSSR count). The summed E-state index contributed by atoms with van der Waals surface area (Å²) in [5, 5.41) is 12.7. The first-order valence-electron chi connectivity index (χ1n) is 8.69. The summed E-state index contributed by atoms with van der Waals surface area (Å²) in [5.41, 5.74) is 2.80. The molecule has 1 amide bonds. The van der Waals surface area contributed by atoms with E-state index in [1.54, 1.807) is 18.2 Å². The first kappa shape index (κ1) is 18.9. The number of benzene rings is 1. The normalized spacial score (nSPS) is 12.6. The van der Waals surface area contributed by atoms with Crippen molar-refractivity contribution in [1.82, 2.24) is 0 Å². The van der Waals surface area contributed by atoms with Gasteiger partial charge in [-0.1, -0.05) is 6.07 Å². The number of carbonyl (C=O) groups is 2. The van der Waals surface area contributed by atoms with Crippen LogP contribution in [-0.4, -0.2) is 25.6 Å². The van der Waals surface area contributed by atoms with Crippen molar-refractivity contribution >= 4 is 28.2 Å². The van der Waals surface area contributed by atoms with E-state index in [1.807, 2.05) is 6.92 Å². The molecule has 1 aliphatic carbocycles. The van der Waals surface area contributed by atoms with E-state index in [0.29, 0.717) is 21.9 Å². The molecule has 0 fully saturated rings. The Labute approximate surface area is 161 Å². The van der Waals surface area contributed by atoms with Gasteiger partial charge in [-0.25, -0.2) is 4.79 Å². The largest absolute Gasteiger partial charge is 0.496 e. The number of methoxy groups -OCH3 is 1. The lowest BCUT2D eigenvalue weighted by molar-refractivity contribution is -0.119. The third-order valence-corrected chi connectivity index (χ3v) is 5.72. The van der Waals surface area contributed by atoms with Crippen LogP contribution in [0.3, 0.4) is 0 Å². The number of esters is 1. The molecule has 7 heteroatoms. The topological polar surface area (TPSA) is 88.4 Å². The molecule has 1 aromatic carbocycles. The number of carbonyl (C=O) groups excluding carboxylic acids is 2. The number of aryl methyl sites for hydroxylation is 2. The summed E-state index contributed by atoms with van der Waals surface area (Å²) in [6, 6.07) is 7.15. The van der Waals surface area contributed by atoms with E-state index in [1.165, 1.54) is 18.4 Å². The van der Waals surface area contributed by atoms with Gasteiger partial charge >= 0.3 is 5.97 Å². The zero-order valence-electron chi connectivity index (χ0n) is 15.3. The molecule has 0 unspecified atom stereocenters. The molecule has 0 saturated heterocycles. The van der Waals surface area contributed by atoms with Crippen molar-refractivity contribution in [2.45, 2.75) is 32.6 Å². The molecule has 1 aliphatic rings. The smallest absolute Gasteiger partial charge is 0.338 e. The summed E-state index contributed by atoms with van der Waals surface area (Å²) in [6.07, 6.45) is 3.97. The number of anilines is 1. The number of amides is 1. The van der Waals surface area contributed by atoms with Gasteiger partial charge in [0.2, 0.25) is 0 Å². The Morgan fingerprint density at radius 2 is 2.07 bits per heavy atom. The van der Waals surface area contributed by atoms with Crippen LogP contribution >= 0.6 is 11.3 Å². The molecule has 27 heavy (non-hydrogen) atoms. The van der Waals surface area contributed by atoms with Crippen LogP contribution in [-0.2, 0) is 22.4 Å². The lowest BCUT2D eigenvalue weighted by Gasteiger charge is -2.09. The van der Waals surface area contributed by atoms with E-state index >= 15 is 0 Å². The summed E-state index contributed by atoms with van der Waals surface area (Å²) < 4.78 is 10.3. The summed E-state index contributed by atoms with van der Waals surface area (Å²) in [4.78, 5) is 25.5. The summed E-state index contributed by atoms with van der Waals surface area (Å²) in [5.74, 6) is -0.483. The number of hydrogen-bond acceptors (Lipinski definition) is 6. The average molecular weight is 384 g/mol. The van der Waals surface area contributed by atoms with Crippen LogP contribution in [0.25, 0.3) is 0 Å². The molecule has 0 bridgehead atoms. The van der Waals surface area contributed by atoms with E-state index < -0.39 is 18.5 Å². The minimum atomic E-state index is -0.602. The number of fused-ring (bicyclic) bond motifs is 1. The number of nitrogens with zero attached hydrogens (tertiary/aromatic N) is 1. The maximum Gasteiger partial charge on any atom is 0.338 e. The van der Waals surface area contributed by atoms with Gasteiger partial charge in [0.1, 0.15) is 16.8 Å². The standard InChI is InChI=1S/C20H20N2O4S/c1-12-7-8-13(9-16(12)25-2)20(24)26-11-18(23)22-19-15(10-21)14-5-3-4-6-17(14)27-19/h7-9H,3-6,11H2,1-2H3,(H,22,23). The van der Waals surface area contributed by atoms with Crippen molar-refractivity contribution in [2.24, 2.45) is 0 Å². The molecule has 1 N–H and O–H groups in total. The molecule has 2 aromatic rings. The molecule has 6 nitrogen and oxygen atoms in total. The predicted octanol–water partition coefficient (Wildman–Crippen LogP) is 3.61. The Balaban J connectivity index is 1.63. The molecule has 1 aromatic heterocycles. The maximum absolute atomic E-state index is 12.2. The second-order valence-corrected chi connectivity index (χ2v) is 7.44. The summed E-state index contributed by atoms with van der Waals surface area (Å²) in [6.45, 7) is 1.46. The molecule has 1 heterocycles. The number of nitrogens with one attached hydrogen (secondary N) is 1. The van der Waals surface area contributed by atoms with E-state index in [9.17, 15) is 14.9 Å². The van der Waals surface area contributed by atoms with Crippen molar-refractivity contribution in [3.8, 4) is 11.8 Å². The summed E-state index contributed by atoms with van der Waals surface area (Å²) in [7, 11) is 1.53. The van der Waals surface area contributed by atoms with Crippen molar-refractivity contribution in [3.05, 3.63) is 45.3 Å². The first-order valence-corrected chi connectivity index (χ1v) is 9.51. The summed E-state index contributed by atoms with van der Waals surface area (Å²) >= 11 is 1.44. The first-order chi connectivity index (χ1) is 13.0. The van der Waals surface area contributed by atoms with Crippen molar-refractivity contribution in [2.75, 3.05) is 19.0 Å². The van der Waals surface area contributed by atoms with Crippen LogP contribution in [0.5, 0.6) is 5.75 Å². The lowest BCUT2D eigenvalue weighted by Crippen LogP contribution is -2.21. The van der Waals surface area contributed by atoms with Gasteiger partial charge in [-0.3, -0.25) is 4.79 Å². The minimum Gasteiger partial charge on any atom is -0.496 e. The highest BCUT2D eigenvalue weighted by Crippen LogP contribution is 2.37. The lowest BCUT2D eigenvalue weighted by atomic mass is 9.96. The Morgan fingerprint density at radius 1 is 1.30 bits per heavy atom. The third-order valence-electron chi connectivity index (χ3n) is 4.51. The van der Waals surface area contributed by atoms with E-state index in [2.05, 4.69) is 11.4 Å². The Kier molecular flexibility index (Phi) is 5.77. The van der Waals surface area contributed by atoms with Crippen LogP contribution in [0.15, 0.2) is 18.2 Å². The number of nitriles is 1. The molecule has 0 aliphatic heterocycles. The molecule has 140 valence electrons. The van der Waals surface area contributed by atoms with E-state index in [0.717, 1.165) is 41.7 Å². The van der Waals surface area contributed by atoms with Crippen LogP contribution < -0.4 is 10.1 Å². The van der Waals surface area contributed by atoms with Crippen molar-refractivity contribution in [3.63, 3.8) is 0 Å². The second kappa shape index (κ2) is 8.23. The molecule has 0 radical (unpaired) electrons. The van der Waals surface area contributed by atoms with Gasteiger partial charge in [0.05, 0.1) is 18.2 Å². The Morgan fingerprint density at radius 3 is 2.81 bits per heavy atom. The van der Waals surface area contributed by atoms with Gasteiger partial charge in [-0.05, 0) is 55.9 Å². The number of rotatable bonds is 5. The SMILES string of the molecule is COc1cc(C(=O)OCC(=O)Nc2sc3c(c2C#N)CCCC3)ccc1C. The molecule has 0 atom stereocenters. The highest BCUT2D eigenvalue weighted by Gasteiger charge is 2.22. The molecule has 0 spiro atoms. The van der Waals surface area contributed by atoms with Gasteiger partial charge in [-0.15, -0.1) is 11.3 Å². The molecule has 0 saturated carbocycles. The van der Waals surface area contributed by atoms with Crippen molar-refractivity contribution < 1.29 is 19.1 Å². The molecular weight excluding hydrogens is 364 g/mol. The van der Waals surface area contributed by atoms with Gasteiger partial charge < -0.3 is 14.8 Å². The number of ether oxygens (including phenoxy) is 2. The van der Waals surface area contributed by atoms with Crippen LogP contribution in [0.4, 0.5) is 5.00 Å². The monoisotopic (exact) mass is 384 g/mol. The highest BCUT2D eigenvalue weighted by atomic mass is 32.1. The Bertz CT molecular complexity index is 927. The predicted molar refractivity (Wildman–Crippen MR) is 102 cm³/mol. The van der Waals surface area contributed by atoms with Gasteiger partial charge in [0, 0.05) is 4.88 Å². The fraction of sp³-hybridized carbons (Fsp3) is 0.350. The average Bonchev–Trinajstić information content (AvgIpc) is 3.03. The third kappa shape index (κ3) is 4.12. The van der Waals surface area contributed by atoms with E-state index in [4.69, 9.17) is 9.47 Å². The van der Waals surface area contributed by atoms with Crippen molar-refractivity contribution in [1.29, 1.82) is 5.26 Å². The fourth-order valence-electron chi connectivity index (χ4n) is 3.10. The van der Waals surface area contributed by atoms with Gasteiger partial charge in [0.15, 0.2) is 6.61 Å². The molecular formula is C20H20N2O4S. The number of hydrogen-bond donors (Lipinski definition) is 1. The van der Waals surface area contributed by atoms with E-state index in [-0.39, 0.29) is 0 Å². The van der Waals surface area contributed by atoms with Crippen LogP contribution in [0, 0.1) is 18.3 Å². The Hall–Kier alpha value is -2.85. The number of thiophene rings is 1. The highest BCUT2D eigenvalue weighted by molar-refractivity contribution is 7.16. The van der Waals surface area contributed by atoms with Crippen LogP contribution in [0.1, 0.15) is 44.8 Å². The second-order valence-electron chi connectivity index (χ2n) is 6.34. The fourth-order valence-corrected chi connectivity index (χ4v) is 4.35. The van der Waals surface area contributed by atoms with Gasteiger partial charge in [-0.2, -0.15) is 5.26 Å². The zero-order valence-corrected chi connectivity index (χ0v) is 16.1. The quantitative estimate of drug-likeness (QED) is 0.796. The maximum atomic E-state index is 12.2. The minimum absolute atomic E-state index is 0.314.